The summed E-state index contributed by atoms with van der Waals surface area (Å²) in [7, 11) is 0. The number of hydrogen-bond donors (Lipinski definition) is 2. The molecule has 0 spiro atoms. The van der Waals surface area contributed by atoms with E-state index in [0.717, 1.165) is 18.0 Å². The standard InChI is InChI=1S/C15H22N2O2S2/c1-15(2,3)12-6-10(14(18)19)7-13(17-12)16-8-11-9-20-4-5-21-11/h6-7,11H,4-5,8-9H2,1-3H3,(H,16,17)(H,18,19). The van der Waals surface area contributed by atoms with Crippen LogP contribution in [-0.4, -0.2) is 45.1 Å². The van der Waals surface area contributed by atoms with Crippen molar-refractivity contribution in [1.29, 1.82) is 0 Å². The summed E-state index contributed by atoms with van der Waals surface area (Å²) in [6, 6.07) is 3.29. The third-order valence-electron chi connectivity index (χ3n) is 3.24. The molecule has 2 N–H and O–H groups in total. The fourth-order valence-corrected chi connectivity index (χ4v) is 4.61. The number of rotatable bonds is 4. The molecule has 0 aliphatic carbocycles. The first kappa shape index (κ1) is 16.5. The van der Waals surface area contributed by atoms with E-state index in [1.807, 2.05) is 44.3 Å². The van der Waals surface area contributed by atoms with Gasteiger partial charge in [0.1, 0.15) is 5.82 Å². The lowest BCUT2D eigenvalue weighted by Crippen LogP contribution is -2.24. The molecule has 1 aliphatic rings. The van der Waals surface area contributed by atoms with Crippen molar-refractivity contribution in [3.05, 3.63) is 23.4 Å². The van der Waals surface area contributed by atoms with E-state index >= 15 is 0 Å². The summed E-state index contributed by atoms with van der Waals surface area (Å²) in [5, 5.41) is 13.1. The van der Waals surface area contributed by atoms with Gasteiger partial charge in [0.05, 0.1) is 5.56 Å². The van der Waals surface area contributed by atoms with Gasteiger partial charge >= 0.3 is 5.97 Å². The Kier molecular flexibility index (Phi) is 5.43. The SMILES string of the molecule is CC(C)(C)c1cc(C(=O)O)cc(NCC2CSCCS2)n1. The number of nitrogens with one attached hydrogen (secondary N) is 1. The third-order valence-corrected chi connectivity index (χ3v) is 6.08. The maximum atomic E-state index is 11.3. The van der Waals surface area contributed by atoms with Crippen molar-refractivity contribution in [2.75, 3.05) is 29.1 Å². The molecule has 1 aliphatic heterocycles. The number of anilines is 1. The van der Waals surface area contributed by atoms with Gasteiger partial charge in [-0.25, -0.2) is 9.78 Å². The lowest BCUT2D eigenvalue weighted by molar-refractivity contribution is 0.0696. The zero-order valence-electron chi connectivity index (χ0n) is 12.7. The van der Waals surface area contributed by atoms with Gasteiger partial charge in [-0.15, -0.1) is 0 Å². The number of carboxylic acid groups (broad SMARTS) is 1. The minimum absolute atomic E-state index is 0.169. The summed E-state index contributed by atoms with van der Waals surface area (Å²) >= 11 is 3.95. The van der Waals surface area contributed by atoms with E-state index in [1.165, 1.54) is 11.5 Å². The number of thioether (sulfide) groups is 2. The molecule has 21 heavy (non-hydrogen) atoms. The van der Waals surface area contributed by atoms with Gasteiger partial charge in [-0.3, -0.25) is 0 Å². The second-order valence-corrected chi connectivity index (χ2v) is 8.69. The summed E-state index contributed by atoms with van der Waals surface area (Å²) < 4.78 is 0. The molecule has 2 heterocycles. The average Bonchev–Trinajstić information content (AvgIpc) is 2.45. The summed E-state index contributed by atoms with van der Waals surface area (Å²) in [5.41, 5.74) is 0.927. The average molecular weight is 326 g/mol. The minimum Gasteiger partial charge on any atom is -0.478 e. The lowest BCUT2D eigenvalue weighted by Gasteiger charge is -2.23. The van der Waals surface area contributed by atoms with Crippen LogP contribution in [0.25, 0.3) is 0 Å². The van der Waals surface area contributed by atoms with Crippen LogP contribution in [0.1, 0.15) is 36.8 Å². The van der Waals surface area contributed by atoms with Crippen molar-refractivity contribution < 1.29 is 9.90 Å². The zero-order valence-corrected chi connectivity index (χ0v) is 14.3. The van der Waals surface area contributed by atoms with Crippen LogP contribution in [0.3, 0.4) is 0 Å². The molecule has 1 fully saturated rings. The number of pyridine rings is 1. The van der Waals surface area contributed by atoms with Gasteiger partial charge in [0.15, 0.2) is 0 Å². The second-order valence-electron chi connectivity index (χ2n) is 6.13. The lowest BCUT2D eigenvalue weighted by atomic mass is 9.91. The molecule has 0 bridgehead atoms. The molecule has 1 unspecified atom stereocenters. The Hall–Kier alpha value is -0.880. The van der Waals surface area contributed by atoms with Crippen molar-refractivity contribution >= 4 is 35.3 Å². The largest absolute Gasteiger partial charge is 0.478 e. The van der Waals surface area contributed by atoms with E-state index in [4.69, 9.17) is 0 Å². The molecule has 0 saturated carbocycles. The van der Waals surface area contributed by atoms with E-state index in [0.29, 0.717) is 16.6 Å². The normalized spacial score (nSPS) is 19.3. The predicted octanol–water partition coefficient (Wildman–Crippen LogP) is 3.34. The van der Waals surface area contributed by atoms with Gasteiger partial charge in [-0.05, 0) is 12.1 Å². The number of aromatic nitrogens is 1. The van der Waals surface area contributed by atoms with Crippen LogP contribution in [0.4, 0.5) is 5.82 Å². The summed E-state index contributed by atoms with van der Waals surface area (Å²) in [6.45, 7) is 6.95. The molecular weight excluding hydrogens is 304 g/mol. The summed E-state index contributed by atoms with van der Waals surface area (Å²) in [6.07, 6.45) is 0. The first-order chi connectivity index (χ1) is 9.86. The minimum atomic E-state index is -0.909. The van der Waals surface area contributed by atoms with E-state index in [1.54, 1.807) is 12.1 Å². The van der Waals surface area contributed by atoms with E-state index in [-0.39, 0.29) is 5.41 Å². The Balaban J connectivity index is 2.13. The van der Waals surface area contributed by atoms with Crippen molar-refractivity contribution in [1.82, 2.24) is 4.98 Å². The topological polar surface area (TPSA) is 62.2 Å². The van der Waals surface area contributed by atoms with Crippen LogP contribution < -0.4 is 5.32 Å². The molecule has 0 amide bonds. The van der Waals surface area contributed by atoms with Gasteiger partial charge < -0.3 is 10.4 Å². The van der Waals surface area contributed by atoms with E-state index < -0.39 is 5.97 Å². The molecule has 2 rings (SSSR count). The monoisotopic (exact) mass is 326 g/mol. The van der Waals surface area contributed by atoms with Gasteiger partial charge in [0.2, 0.25) is 0 Å². The molecule has 0 aromatic carbocycles. The molecule has 1 aromatic heterocycles. The maximum absolute atomic E-state index is 11.3. The predicted molar refractivity (Wildman–Crippen MR) is 92.0 cm³/mol. The Morgan fingerprint density at radius 1 is 1.43 bits per heavy atom. The Morgan fingerprint density at radius 3 is 2.76 bits per heavy atom. The van der Waals surface area contributed by atoms with Gasteiger partial charge in [-0.2, -0.15) is 23.5 Å². The van der Waals surface area contributed by atoms with E-state index in [9.17, 15) is 9.90 Å². The number of carboxylic acids is 1. The van der Waals surface area contributed by atoms with Crippen molar-refractivity contribution in [3.8, 4) is 0 Å². The highest BCUT2D eigenvalue weighted by molar-refractivity contribution is 8.06. The molecule has 116 valence electrons. The third kappa shape index (κ3) is 4.81. The highest BCUT2D eigenvalue weighted by Crippen LogP contribution is 2.26. The molecule has 1 atom stereocenters. The highest BCUT2D eigenvalue weighted by atomic mass is 32.2. The summed E-state index contributed by atoms with van der Waals surface area (Å²) in [4.78, 5) is 15.9. The van der Waals surface area contributed by atoms with Crippen LogP contribution in [0.5, 0.6) is 0 Å². The van der Waals surface area contributed by atoms with Crippen LogP contribution in [0.15, 0.2) is 12.1 Å². The molecule has 1 aromatic rings. The molecule has 6 heteroatoms. The first-order valence-corrected chi connectivity index (χ1v) is 9.25. The molecular formula is C15H22N2O2S2. The van der Waals surface area contributed by atoms with Crippen molar-refractivity contribution in [2.45, 2.75) is 31.4 Å². The van der Waals surface area contributed by atoms with Crippen LogP contribution in [-0.2, 0) is 5.41 Å². The van der Waals surface area contributed by atoms with E-state index in [2.05, 4.69) is 10.3 Å². The van der Waals surface area contributed by atoms with Crippen molar-refractivity contribution in [2.24, 2.45) is 0 Å². The molecule has 0 radical (unpaired) electrons. The highest BCUT2D eigenvalue weighted by Gasteiger charge is 2.20. The van der Waals surface area contributed by atoms with Crippen LogP contribution in [0, 0.1) is 0 Å². The molecule has 1 saturated heterocycles. The fraction of sp³-hybridized carbons (Fsp3) is 0.600. The zero-order chi connectivity index (χ0) is 15.5. The maximum Gasteiger partial charge on any atom is 0.335 e. The quantitative estimate of drug-likeness (QED) is 0.885. The molecule has 4 nitrogen and oxygen atoms in total. The number of carbonyl (C=O) groups is 1. The van der Waals surface area contributed by atoms with Gasteiger partial charge in [0.25, 0.3) is 0 Å². The second kappa shape index (κ2) is 6.92. The Morgan fingerprint density at radius 2 is 2.19 bits per heavy atom. The number of aromatic carboxylic acids is 1. The first-order valence-electron chi connectivity index (χ1n) is 7.05. The van der Waals surface area contributed by atoms with Crippen molar-refractivity contribution in [3.63, 3.8) is 0 Å². The fourth-order valence-electron chi connectivity index (χ4n) is 2.00. The van der Waals surface area contributed by atoms with Crippen LogP contribution in [0.2, 0.25) is 0 Å². The number of hydrogen-bond acceptors (Lipinski definition) is 5. The summed E-state index contributed by atoms with van der Waals surface area (Å²) in [5.74, 6) is 3.31. The Labute approximate surface area is 134 Å². The van der Waals surface area contributed by atoms with Gasteiger partial charge in [-0.1, -0.05) is 20.8 Å². The van der Waals surface area contributed by atoms with Gasteiger partial charge in [0, 0.05) is 40.2 Å². The van der Waals surface area contributed by atoms with Crippen LogP contribution >= 0.6 is 23.5 Å². The smallest absolute Gasteiger partial charge is 0.335 e. The number of nitrogens with zero attached hydrogens (tertiary/aromatic N) is 1. The Bertz CT molecular complexity index is 509.